The minimum absolute atomic E-state index is 0.149. The van der Waals surface area contributed by atoms with Gasteiger partial charge in [-0.25, -0.2) is 8.78 Å². The Balaban J connectivity index is 2.36. The summed E-state index contributed by atoms with van der Waals surface area (Å²) in [4.78, 5) is 11.9. The molecule has 0 fully saturated rings. The van der Waals surface area contributed by atoms with Crippen molar-refractivity contribution >= 4 is 40.5 Å². The molecule has 0 atom stereocenters. The molecule has 7 heteroatoms. The minimum Gasteiger partial charge on any atom is -0.396 e. The van der Waals surface area contributed by atoms with Crippen molar-refractivity contribution in [3.8, 4) is 0 Å². The van der Waals surface area contributed by atoms with E-state index in [4.69, 9.17) is 28.9 Å². The van der Waals surface area contributed by atoms with Crippen LogP contribution in [-0.2, 0) is 0 Å². The Bertz CT molecular complexity index is 692. The van der Waals surface area contributed by atoms with Crippen LogP contribution < -0.4 is 11.1 Å². The molecule has 1 amide bonds. The Morgan fingerprint density at radius 2 is 1.85 bits per heavy atom. The zero-order valence-electron chi connectivity index (χ0n) is 9.88. The summed E-state index contributed by atoms with van der Waals surface area (Å²) in [5, 5.41) is 2.82. The molecule has 0 spiro atoms. The highest BCUT2D eigenvalue weighted by molar-refractivity contribution is 6.36. The number of hydrogen-bond acceptors (Lipinski definition) is 2. The van der Waals surface area contributed by atoms with Crippen LogP contribution in [0.15, 0.2) is 30.3 Å². The maximum Gasteiger partial charge on any atom is 0.261 e. The van der Waals surface area contributed by atoms with Gasteiger partial charge in [0.1, 0.15) is 11.4 Å². The average molecular weight is 317 g/mol. The molecule has 3 N–H and O–H groups in total. The number of nitrogens with one attached hydrogen (secondary N) is 1. The van der Waals surface area contributed by atoms with Crippen LogP contribution in [0.4, 0.5) is 20.2 Å². The molecule has 0 aliphatic heterocycles. The summed E-state index contributed by atoms with van der Waals surface area (Å²) in [6.45, 7) is 0. The quantitative estimate of drug-likeness (QED) is 0.819. The number of rotatable bonds is 2. The third-order valence-corrected chi connectivity index (χ3v) is 3.08. The van der Waals surface area contributed by atoms with Crippen molar-refractivity contribution in [2.45, 2.75) is 0 Å². The topological polar surface area (TPSA) is 55.1 Å². The van der Waals surface area contributed by atoms with E-state index in [1.54, 1.807) is 0 Å². The monoisotopic (exact) mass is 316 g/mol. The maximum absolute atomic E-state index is 13.7. The zero-order chi connectivity index (χ0) is 14.9. The summed E-state index contributed by atoms with van der Waals surface area (Å²) in [5.41, 5.74) is 4.40. The lowest BCUT2D eigenvalue weighted by Gasteiger charge is -2.10. The molecule has 104 valence electrons. The van der Waals surface area contributed by atoms with Crippen LogP contribution in [0.5, 0.6) is 0 Å². The van der Waals surface area contributed by atoms with Crippen LogP contribution in [0.1, 0.15) is 10.4 Å². The molecule has 0 bridgehead atoms. The van der Waals surface area contributed by atoms with E-state index in [2.05, 4.69) is 5.32 Å². The Morgan fingerprint density at radius 1 is 1.15 bits per heavy atom. The predicted molar refractivity (Wildman–Crippen MR) is 75.2 cm³/mol. The highest BCUT2D eigenvalue weighted by Crippen LogP contribution is 2.27. The van der Waals surface area contributed by atoms with Crippen molar-refractivity contribution < 1.29 is 13.6 Å². The van der Waals surface area contributed by atoms with Gasteiger partial charge in [-0.2, -0.15) is 0 Å². The van der Waals surface area contributed by atoms with Gasteiger partial charge in [0.25, 0.3) is 5.91 Å². The van der Waals surface area contributed by atoms with Gasteiger partial charge in [0.05, 0.1) is 16.4 Å². The highest BCUT2D eigenvalue weighted by atomic mass is 35.5. The standard InChI is InChI=1S/C13H8Cl2F2N2O/c14-6-1-4-10(7(15)5-6)19-13(20)11-8(16)2-3-9(18)12(11)17/h1-5H,18H2,(H,19,20). The average Bonchev–Trinajstić information content (AvgIpc) is 2.38. The Kier molecular flexibility index (Phi) is 4.11. The molecule has 2 aromatic carbocycles. The molecule has 0 aliphatic carbocycles. The fourth-order valence-electron chi connectivity index (χ4n) is 1.55. The van der Waals surface area contributed by atoms with Gasteiger partial charge in [0.2, 0.25) is 0 Å². The van der Waals surface area contributed by atoms with Gasteiger partial charge in [-0.1, -0.05) is 23.2 Å². The van der Waals surface area contributed by atoms with E-state index in [0.717, 1.165) is 12.1 Å². The molecule has 0 aliphatic rings. The summed E-state index contributed by atoms with van der Waals surface area (Å²) >= 11 is 11.6. The van der Waals surface area contributed by atoms with E-state index in [9.17, 15) is 13.6 Å². The van der Waals surface area contributed by atoms with E-state index in [-0.39, 0.29) is 16.4 Å². The normalized spacial score (nSPS) is 10.4. The van der Waals surface area contributed by atoms with Crippen LogP contribution in [0, 0.1) is 11.6 Å². The second-order valence-corrected chi connectivity index (χ2v) is 4.75. The first-order valence-electron chi connectivity index (χ1n) is 5.40. The van der Waals surface area contributed by atoms with Gasteiger partial charge < -0.3 is 11.1 Å². The van der Waals surface area contributed by atoms with E-state index in [0.29, 0.717) is 5.02 Å². The largest absolute Gasteiger partial charge is 0.396 e. The first-order valence-corrected chi connectivity index (χ1v) is 6.15. The molecule has 0 heterocycles. The van der Waals surface area contributed by atoms with Crippen molar-refractivity contribution in [2.75, 3.05) is 11.1 Å². The van der Waals surface area contributed by atoms with Crippen LogP contribution in [0.25, 0.3) is 0 Å². The molecule has 0 saturated carbocycles. The lowest BCUT2D eigenvalue weighted by atomic mass is 10.1. The first kappa shape index (κ1) is 14.6. The summed E-state index contributed by atoms with van der Waals surface area (Å²) in [6.07, 6.45) is 0. The summed E-state index contributed by atoms with van der Waals surface area (Å²) in [6, 6.07) is 6.25. The molecule has 3 nitrogen and oxygen atoms in total. The summed E-state index contributed by atoms with van der Waals surface area (Å²) in [7, 11) is 0. The fraction of sp³-hybridized carbons (Fsp3) is 0. The van der Waals surface area contributed by atoms with E-state index < -0.39 is 23.1 Å². The van der Waals surface area contributed by atoms with Gasteiger partial charge in [-0.15, -0.1) is 0 Å². The predicted octanol–water partition coefficient (Wildman–Crippen LogP) is 4.11. The molecular formula is C13H8Cl2F2N2O. The fourth-order valence-corrected chi connectivity index (χ4v) is 2.01. The number of carbonyl (C=O) groups is 1. The van der Waals surface area contributed by atoms with Gasteiger partial charge in [-0.05, 0) is 30.3 Å². The lowest BCUT2D eigenvalue weighted by molar-refractivity contribution is 0.101. The van der Waals surface area contributed by atoms with E-state index in [1.807, 2.05) is 0 Å². The van der Waals surface area contributed by atoms with Crippen molar-refractivity contribution in [1.29, 1.82) is 0 Å². The summed E-state index contributed by atoms with van der Waals surface area (Å²) in [5.74, 6) is -3.12. The number of anilines is 2. The summed E-state index contributed by atoms with van der Waals surface area (Å²) < 4.78 is 27.2. The number of nitrogens with two attached hydrogens (primary N) is 1. The first-order chi connectivity index (χ1) is 9.40. The molecule has 0 unspecified atom stereocenters. The van der Waals surface area contributed by atoms with Gasteiger partial charge >= 0.3 is 0 Å². The molecule has 0 saturated heterocycles. The number of nitrogen functional groups attached to an aromatic ring is 1. The highest BCUT2D eigenvalue weighted by Gasteiger charge is 2.20. The second kappa shape index (κ2) is 5.64. The molecule has 0 aromatic heterocycles. The molecule has 0 radical (unpaired) electrons. The number of hydrogen-bond donors (Lipinski definition) is 2. The van der Waals surface area contributed by atoms with E-state index >= 15 is 0 Å². The second-order valence-electron chi connectivity index (χ2n) is 3.90. The van der Waals surface area contributed by atoms with Crippen LogP contribution in [-0.4, -0.2) is 5.91 Å². The van der Waals surface area contributed by atoms with Gasteiger partial charge in [0.15, 0.2) is 5.82 Å². The Labute approximate surface area is 123 Å². The minimum atomic E-state index is -1.12. The van der Waals surface area contributed by atoms with Crippen molar-refractivity contribution in [3.63, 3.8) is 0 Å². The third-order valence-electron chi connectivity index (χ3n) is 2.53. The number of amides is 1. The lowest BCUT2D eigenvalue weighted by Crippen LogP contribution is -2.17. The van der Waals surface area contributed by atoms with Gasteiger partial charge in [-0.3, -0.25) is 4.79 Å². The van der Waals surface area contributed by atoms with Crippen molar-refractivity contribution in [3.05, 3.63) is 57.6 Å². The van der Waals surface area contributed by atoms with Crippen molar-refractivity contribution in [1.82, 2.24) is 0 Å². The zero-order valence-corrected chi connectivity index (χ0v) is 11.4. The number of carbonyl (C=O) groups excluding carboxylic acids is 1. The van der Waals surface area contributed by atoms with E-state index in [1.165, 1.54) is 18.2 Å². The van der Waals surface area contributed by atoms with Gasteiger partial charge in [0, 0.05) is 5.02 Å². The molecule has 20 heavy (non-hydrogen) atoms. The smallest absolute Gasteiger partial charge is 0.261 e. The maximum atomic E-state index is 13.7. The number of halogens is 4. The van der Waals surface area contributed by atoms with Crippen LogP contribution >= 0.6 is 23.2 Å². The van der Waals surface area contributed by atoms with Crippen molar-refractivity contribution in [2.24, 2.45) is 0 Å². The molecule has 2 rings (SSSR count). The van der Waals surface area contributed by atoms with Crippen LogP contribution in [0.3, 0.4) is 0 Å². The Morgan fingerprint density at radius 3 is 2.50 bits per heavy atom. The molecule has 2 aromatic rings. The Hall–Kier alpha value is -1.85. The number of benzene rings is 2. The van der Waals surface area contributed by atoms with Crippen LogP contribution in [0.2, 0.25) is 10.0 Å². The molecular weight excluding hydrogens is 309 g/mol. The SMILES string of the molecule is Nc1ccc(F)c(C(=O)Nc2ccc(Cl)cc2Cl)c1F. The third kappa shape index (κ3) is 2.84.